The second kappa shape index (κ2) is 5.24. The molecule has 0 aliphatic carbocycles. The van der Waals surface area contributed by atoms with Gasteiger partial charge in [0, 0.05) is 36.3 Å². The van der Waals surface area contributed by atoms with Crippen molar-refractivity contribution < 1.29 is 0 Å². The molecule has 2 aromatic heterocycles. The van der Waals surface area contributed by atoms with Crippen LogP contribution in [-0.2, 0) is 13.5 Å². The minimum absolute atomic E-state index is 0.582. The van der Waals surface area contributed by atoms with Gasteiger partial charge in [0.25, 0.3) is 0 Å². The molecule has 1 aliphatic heterocycles. The van der Waals surface area contributed by atoms with Gasteiger partial charge in [-0.05, 0) is 37.3 Å². The van der Waals surface area contributed by atoms with Crippen molar-refractivity contribution in [1.82, 2.24) is 14.7 Å². The molecule has 3 nitrogen and oxygen atoms in total. The van der Waals surface area contributed by atoms with Gasteiger partial charge in [-0.1, -0.05) is 6.07 Å². The summed E-state index contributed by atoms with van der Waals surface area (Å²) in [5.74, 6) is 0. The van der Waals surface area contributed by atoms with E-state index in [4.69, 9.17) is 0 Å². The molecule has 0 radical (unpaired) electrons. The van der Waals surface area contributed by atoms with Crippen LogP contribution in [0.25, 0.3) is 0 Å². The molecule has 3 heterocycles. The van der Waals surface area contributed by atoms with Crippen LogP contribution < -0.4 is 0 Å². The van der Waals surface area contributed by atoms with Crippen LogP contribution in [0.2, 0.25) is 0 Å². The monoisotopic (exact) mass is 261 g/mol. The smallest absolute Gasteiger partial charge is 0.0537 e. The van der Waals surface area contributed by atoms with Crippen LogP contribution in [-0.4, -0.2) is 27.8 Å². The summed E-state index contributed by atoms with van der Waals surface area (Å²) in [4.78, 5) is 4.10. The van der Waals surface area contributed by atoms with E-state index in [1.165, 1.54) is 42.8 Å². The maximum atomic E-state index is 4.30. The first-order valence-electron chi connectivity index (χ1n) is 6.58. The second-order valence-corrected chi connectivity index (χ2v) is 6.00. The highest BCUT2D eigenvalue weighted by atomic mass is 32.1. The standard InChI is InChI=1S/C14H19N3S/c1-16-11-12(10-15-16)14-5-2-7-17(14)8-6-13-4-3-9-18-13/h3-4,9-11,14H,2,5-8H2,1H3. The molecule has 96 valence electrons. The lowest BCUT2D eigenvalue weighted by atomic mass is 10.1. The Morgan fingerprint density at radius 3 is 3.17 bits per heavy atom. The first kappa shape index (κ1) is 11.9. The summed E-state index contributed by atoms with van der Waals surface area (Å²) < 4.78 is 1.91. The molecule has 2 aromatic rings. The van der Waals surface area contributed by atoms with Crippen LogP contribution in [0.1, 0.15) is 29.3 Å². The number of likely N-dealkylation sites (tertiary alicyclic amines) is 1. The molecule has 0 spiro atoms. The van der Waals surface area contributed by atoms with E-state index in [9.17, 15) is 0 Å². The van der Waals surface area contributed by atoms with E-state index in [2.05, 4.69) is 33.7 Å². The van der Waals surface area contributed by atoms with Gasteiger partial charge in [0.1, 0.15) is 0 Å². The SMILES string of the molecule is Cn1cc(C2CCCN2CCc2cccs2)cn1. The Kier molecular flexibility index (Phi) is 3.48. The number of aryl methyl sites for hydroxylation is 1. The number of thiophene rings is 1. The predicted molar refractivity (Wildman–Crippen MR) is 74.8 cm³/mol. The molecule has 0 N–H and O–H groups in total. The second-order valence-electron chi connectivity index (χ2n) is 4.97. The average molecular weight is 261 g/mol. The Balaban J connectivity index is 1.64. The van der Waals surface area contributed by atoms with Gasteiger partial charge in [0.15, 0.2) is 0 Å². The average Bonchev–Trinajstić information content (AvgIpc) is 3.07. The fourth-order valence-electron chi connectivity index (χ4n) is 2.79. The van der Waals surface area contributed by atoms with Gasteiger partial charge >= 0.3 is 0 Å². The van der Waals surface area contributed by atoms with Gasteiger partial charge in [-0.25, -0.2) is 0 Å². The quantitative estimate of drug-likeness (QED) is 0.844. The van der Waals surface area contributed by atoms with E-state index < -0.39 is 0 Å². The maximum absolute atomic E-state index is 4.30. The largest absolute Gasteiger partial charge is 0.296 e. The van der Waals surface area contributed by atoms with Gasteiger partial charge in [0.05, 0.1) is 6.20 Å². The number of hydrogen-bond acceptors (Lipinski definition) is 3. The zero-order valence-electron chi connectivity index (χ0n) is 10.7. The molecule has 1 unspecified atom stereocenters. The summed E-state index contributed by atoms with van der Waals surface area (Å²) in [5, 5.41) is 6.46. The highest BCUT2D eigenvalue weighted by Gasteiger charge is 2.26. The number of nitrogens with zero attached hydrogens (tertiary/aromatic N) is 3. The number of rotatable bonds is 4. The first-order chi connectivity index (χ1) is 8.83. The lowest BCUT2D eigenvalue weighted by Crippen LogP contribution is -2.25. The Morgan fingerprint density at radius 2 is 2.44 bits per heavy atom. The van der Waals surface area contributed by atoms with Crippen molar-refractivity contribution in [1.29, 1.82) is 0 Å². The van der Waals surface area contributed by atoms with Crippen LogP contribution in [0.3, 0.4) is 0 Å². The van der Waals surface area contributed by atoms with Crippen molar-refractivity contribution in [2.75, 3.05) is 13.1 Å². The van der Waals surface area contributed by atoms with Crippen molar-refractivity contribution in [3.8, 4) is 0 Å². The lowest BCUT2D eigenvalue weighted by Gasteiger charge is -2.23. The molecule has 1 aliphatic rings. The molecule has 1 saturated heterocycles. The molecule has 0 saturated carbocycles. The normalized spacial score (nSPS) is 20.6. The minimum Gasteiger partial charge on any atom is -0.296 e. The van der Waals surface area contributed by atoms with Gasteiger partial charge in [0.2, 0.25) is 0 Å². The number of aromatic nitrogens is 2. The molecule has 4 heteroatoms. The third kappa shape index (κ3) is 2.49. The third-order valence-corrected chi connectivity index (χ3v) is 4.63. The Bertz CT molecular complexity index is 489. The number of hydrogen-bond donors (Lipinski definition) is 0. The Morgan fingerprint density at radius 1 is 1.50 bits per heavy atom. The van der Waals surface area contributed by atoms with Gasteiger partial charge in [-0.15, -0.1) is 11.3 Å². The van der Waals surface area contributed by atoms with Gasteiger partial charge in [-0.2, -0.15) is 5.10 Å². The summed E-state index contributed by atoms with van der Waals surface area (Å²) in [6.45, 7) is 2.39. The van der Waals surface area contributed by atoms with E-state index in [-0.39, 0.29) is 0 Å². The van der Waals surface area contributed by atoms with Crippen LogP contribution in [0.15, 0.2) is 29.9 Å². The summed E-state index contributed by atoms with van der Waals surface area (Å²) in [7, 11) is 1.99. The van der Waals surface area contributed by atoms with Gasteiger partial charge in [-0.3, -0.25) is 9.58 Å². The summed E-state index contributed by atoms with van der Waals surface area (Å²) >= 11 is 1.86. The topological polar surface area (TPSA) is 21.1 Å². The van der Waals surface area contributed by atoms with Crippen molar-refractivity contribution >= 4 is 11.3 Å². The van der Waals surface area contributed by atoms with E-state index in [0.29, 0.717) is 6.04 Å². The zero-order chi connectivity index (χ0) is 12.4. The molecule has 0 bridgehead atoms. The van der Waals surface area contributed by atoms with Crippen LogP contribution in [0.5, 0.6) is 0 Å². The minimum atomic E-state index is 0.582. The van der Waals surface area contributed by atoms with E-state index >= 15 is 0 Å². The van der Waals surface area contributed by atoms with Crippen LogP contribution in [0.4, 0.5) is 0 Å². The van der Waals surface area contributed by atoms with Crippen molar-refractivity contribution in [3.63, 3.8) is 0 Å². The van der Waals surface area contributed by atoms with Crippen molar-refractivity contribution in [2.45, 2.75) is 25.3 Å². The Labute approximate surface area is 112 Å². The molecule has 0 aromatic carbocycles. The summed E-state index contributed by atoms with van der Waals surface area (Å²) in [6.07, 6.45) is 7.94. The Hall–Kier alpha value is -1.13. The molecule has 1 atom stereocenters. The van der Waals surface area contributed by atoms with Crippen molar-refractivity contribution in [3.05, 3.63) is 40.3 Å². The van der Waals surface area contributed by atoms with E-state index in [1.807, 2.05) is 29.3 Å². The predicted octanol–water partition coefficient (Wildman–Crippen LogP) is 2.86. The van der Waals surface area contributed by atoms with E-state index in [0.717, 1.165) is 0 Å². The van der Waals surface area contributed by atoms with Crippen molar-refractivity contribution in [2.24, 2.45) is 7.05 Å². The highest BCUT2D eigenvalue weighted by Crippen LogP contribution is 2.31. The molecule has 18 heavy (non-hydrogen) atoms. The maximum Gasteiger partial charge on any atom is 0.0537 e. The van der Waals surface area contributed by atoms with Gasteiger partial charge < -0.3 is 0 Å². The molecule has 1 fully saturated rings. The molecule has 3 rings (SSSR count). The van der Waals surface area contributed by atoms with Crippen LogP contribution >= 0.6 is 11.3 Å². The lowest BCUT2D eigenvalue weighted by molar-refractivity contribution is 0.261. The van der Waals surface area contributed by atoms with Crippen LogP contribution in [0, 0.1) is 0 Å². The highest BCUT2D eigenvalue weighted by molar-refractivity contribution is 7.09. The fraction of sp³-hybridized carbons (Fsp3) is 0.500. The molecule has 0 amide bonds. The zero-order valence-corrected chi connectivity index (χ0v) is 11.6. The fourth-order valence-corrected chi connectivity index (χ4v) is 3.49. The molecular weight excluding hydrogens is 242 g/mol. The first-order valence-corrected chi connectivity index (χ1v) is 7.46. The van der Waals surface area contributed by atoms with E-state index in [1.54, 1.807) is 0 Å². The molecular formula is C14H19N3S. The summed E-state index contributed by atoms with van der Waals surface area (Å²) in [5.41, 5.74) is 1.38. The summed E-state index contributed by atoms with van der Waals surface area (Å²) in [6, 6.07) is 4.96. The third-order valence-electron chi connectivity index (χ3n) is 3.70.